The third-order valence-corrected chi connectivity index (χ3v) is 8.94. The number of hydrogen-bond donors (Lipinski definition) is 0. The summed E-state index contributed by atoms with van der Waals surface area (Å²) in [6.45, 7) is 0. The lowest BCUT2D eigenvalue weighted by Crippen LogP contribution is -1.91. The van der Waals surface area contributed by atoms with Crippen LogP contribution in [0.3, 0.4) is 0 Å². The summed E-state index contributed by atoms with van der Waals surface area (Å²) in [6.07, 6.45) is 1.77. The predicted molar refractivity (Wildman–Crippen MR) is 177 cm³/mol. The number of benzene rings is 7. The first-order valence-electron chi connectivity index (χ1n) is 14.5. The first-order valence-corrected chi connectivity index (χ1v) is 14.5. The van der Waals surface area contributed by atoms with Crippen LogP contribution < -0.4 is 0 Å². The van der Waals surface area contributed by atoms with Crippen molar-refractivity contribution in [2.45, 2.75) is 0 Å². The van der Waals surface area contributed by atoms with Gasteiger partial charge in [-0.3, -0.25) is 0 Å². The van der Waals surface area contributed by atoms with E-state index < -0.39 is 0 Å². The van der Waals surface area contributed by atoms with Gasteiger partial charge in [0.1, 0.15) is 27.9 Å². The average molecular weight is 551 g/mol. The van der Waals surface area contributed by atoms with Crippen LogP contribution in [-0.4, -0.2) is 0 Å². The van der Waals surface area contributed by atoms with Gasteiger partial charge in [0, 0.05) is 43.8 Å². The van der Waals surface area contributed by atoms with Crippen LogP contribution in [0.5, 0.6) is 0 Å². The fourth-order valence-corrected chi connectivity index (χ4v) is 7.15. The molecule has 0 unspecified atom stereocenters. The molecule has 0 amide bonds. The number of furan rings is 3. The molecular weight excluding hydrogens is 528 g/mol. The van der Waals surface area contributed by atoms with E-state index in [1.807, 2.05) is 30.3 Å². The molecule has 0 aliphatic carbocycles. The van der Waals surface area contributed by atoms with Gasteiger partial charge in [-0.05, 0) is 45.8 Å². The summed E-state index contributed by atoms with van der Waals surface area (Å²) in [5.41, 5.74) is 8.79. The van der Waals surface area contributed by atoms with E-state index in [-0.39, 0.29) is 0 Å². The van der Waals surface area contributed by atoms with E-state index >= 15 is 0 Å². The van der Waals surface area contributed by atoms with Crippen LogP contribution in [0.1, 0.15) is 0 Å². The van der Waals surface area contributed by atoms with E-state index in [0.717, 1.165) is 82.3 Å². The second-order valence-corrected chi connectivity index (χ2v) is 11.2. The normalized spacial score (nSPS) is 12.2. The van der Waals surface area contributed by atoms with Crippen molar-refractivity contribution < 1.29 is 13.3 Å². The molecule has 0 aliphatic rings. The Labute approximate surface area is 245 Å². The van der Waals surface area contributed by atoms with Gasteiger partial charge in [0.2, 0.25) is 0 Å². The lowest BCUT2D eigenvalue weighted by Gasteiger charge is -2.18. The minimum absolute atomic E-state index is 0.837. The molecule has 3 heterocycles. The van der Waals surface area contributed by atoms with Crippen molar-refractivity contribution in [1.29, 1.82) is 0 Å². The fraction of sp³-hybridized carbons (Fsp3) is 0. The van der Waals surface area contributed by atoms with Gasteiger partial charge in [0.25, 0.3) is 0 Å². The minimum atomic E-state index is 0.837. The Kier molecular flexibility index (Phi) is 4.45. The summed E-state index contributed by atoms with van der Waals surface area (Å²) in [4.78, 5) is 0. The quantitative estimate of drug-likeness (QED) is 0.201. The average Bonchev–Trinajstić information content (AvgIpc) is 3.79. The zero-order valence-corrected chi connectivity index (χ0v) is 22.9. The molecule has 0 atom stereocenters. The van der Waals surface area contributed by atoms with Crippen LogP contribution in [0, 0.1) is 0 Å². The Bertz CT molecular complexity index is 2680. The van der Waals surface area contributed by atoms with Crippen LogP contribution in [0.2, 0.25) is 0 Å². The van der Waals surface area contributed by atoms with E-state index in [9.17, 15) is 0 Å². The zero-order valence-electron chi connectivity index (χ0n) is 22.9. The number of hydrogen-bond acceptors (Lipinski definition) is 3. The molecule has 200 valence electrons. The van der Waals surface area contributed by atoms with Crippen LogP contribution in [0.4, 0.5) is 0 Å². The predicted octanol–water partition coefficient (Wildman–Crippen LogP) is 11.9. The Morgan fingerprint density at radius 2 is 0.930 bits per heavy atom. The molecule has 10 aromatic rings. The highest BCUT2D eigenvalue weighted by Gasteiger charge is 2.24. The maximum atomic E-state index is 6.73. The van der Waals surface area contributed by atoms with Crippen LogP contribution in [0.25, 0.3) is 98.6 Å². The van der Waals surface area contributed by atoms with E-state index in [4.69, 9.17) is 13.3 Å². The standard InChI is InChI=1S/C40H22O3/c1-3-14-27-25(12-1)35(30-17-9-10-23-20-21-41-38(23)30)26-13-2-4-15-28(26)36(27)32-22-31-24-11-5-7-18-33(24)42-39(31)37-29-16-6-8-19-34(29)43-40(32)37/h1-22H. The van der Waals surface area contributed by atoms with Gasteiger partial charge in [0.05, 0.1) is 11.6 Å². The Morgan fingerprint density at radius 1 is 0.372 bits per heavy atom. The second kappa shape index (κ2) is 8.37. The molecule has 0 saturated heterocycles. The summed E-state index contributed by atoms with van der Waals surface area (Å²) in [5.74, 6) is 0. The topological polar surface area (TPSA) is 39.4 Å². The van der Waals surface area contributed by atoms with Crippen molar-refractivity contribution in [1.82, 2.24) is 0 Å². The second-order valence-electron chi connectivity index (χ2n) is 11.2. The monoisotopic (exact) mass is 550 g/mol. The summed E-state index contributed by atoms with van der Waals surface area (Å²) >= 11 is 0. The fourth-order valence-electron chi connectivity index (χ4n) is 7.15. The van der Waals surface area contributed by atoms with Crippen molar-refractivity contribution >= 4 is 76.4 Å². The van der Waals surface area contributed by atoms with Gasteiger partial charge in [0.15, 0.2) is 0 Å². The van der Waals surface area contributed by atoms with Crippen molar-refractivity contribution in [3.05, 3.63) is 134 Å². The zero-order chi connectivity index (χ0) is 28.1. The third-order valence-electron chi connectivity index (χ3n) is 8.94. The maximum absolute atomic E-state index is 6.73. The molecule has 0 saturated carbocycles. The lowest BCUT2D eigenvalue weighted by atomic mass is 9.85. The van der Waals surface area contributed by atoms with Gasteiger partial charge in [-0.25, -0.2) is 0 Å². The maximum Gasteiger partial charge on any atom is 0.147 e. The summed E-state index contributed by atoms with van der Waals surface area (Å²) in [6, 6.07) is 44.6. The molecule has 3 nitrogen and oxygen atoms in total. The molecule has 7 aromatic carbocycles. The largest absolute Gasteiger partial charge is 0.464 e. The van der Waals surface area contributed by atoms with E-state index in [1.54, 1.807) is 6.26 Å². The molecule has 3 aromatic heterocycles. The van der Waals surface area contributed by atoms with Crippen LogP contribution in [0.15, 0.2) is 147 Å². The smallest absolute Gasteiger partial charge is 0.147 e. The van der Waals surface area contributed by atoms with E-state index in [2.05, 4.69) is 97.1 Å². The molecule has 0 spiro atoms. The summed E-state index contributed by atoms with van der Waals surface area (Å²) in [7, 11) is 0. The van der Waals surface area contributed by atoms with Gasteiger partial charge in [-0.2, -0.15) is 0 Å². The Morgan fingerprint density at radius 3 is 1.63 bits per heavy atom. The van der Waals surface area contributed by atoms with Crippen LogP contribution in [-0.2, 0) is 0 Å². The molecule has 0 bridgehead atoms. The molecule has 0 aliphatic heterocycles. The number of fused-ring (bicyclic) bond motifs is 10. The molecule has 43 heavy (non-hydrogen) atoms. The van der Waals surface area contributed by atoms with E-state index in [1.165, 1.54) is 16.3 Å². The molecule has 0 N–H and O–H groups in total. The minimum Gasteiger partial charge on any atom is -0.464 e. The van der Waals surface area contributed by atoms with Crippen molar-refractivity contribution in [3.63, 3.8) is 0 Å². The van der Waals surface area contributed by atoms with Crippen molar-refractivity contribution in [3.8, 4) is 22.3 Å². The summed E-state index contributed by atoms with van der Waals surface area (Å²) in [5, 5.41) is 10.00. The first kappa shape index (κ1) is 22.8. The van der Waals surface area contributed by atoms with Gasteiger partial charge >= 0.3 is 0 Å². The highest BCUT2D eigenvalue weighted by atomic mass is 16.3. The molecule has 3 heteroatoms. The van der Waals surface area contributed by atoms with Crippen LogP contribution >= 0.6 is 0 Å². The number of rotatable bonds is 2. The van der Waals surface area contributed by atoms with Gasteiger partial charge in [-0.15, -0.1) is 0 Å². The van der Waals surface area contributed by atoms with Gasteiger partial charge < -0.3 is 13.3 Å². The van der Waals surface area contributed by atoms with E-state index in [0.29, 0.717) is 0 Å². The molecular formula is C40H22O3. The van der Waals surface area contributed by atoms with Gasteiger partial charge in [-0.1, -0.05) is 103 Å². The first-order chi connectivity index (χ1) is 21.3. The third kappa shape index (κ3) is 3.03. The molecule has 0 radical (unpaired) electrons. The lowest BCUT2D eigenvalue weighted by molar-refractivity contribution is 0.617. The van der Waals surface area contributed by atoms with Crippen molar-refractivity contribution in [2.24, 2.45) is 0 Å². The Balaban J connectivity index is 1.44. The highest BCUT2D eigenvalue weighted by molar-refractivity contribution is 6.30. The number of para-hydroxylation sites is 3. The molecule has 10 rings (SSSR count). The SMILES string of the molecule is c1cc(-c2c3ccccc3c(-c3cc4c5ccccc5oc4c4c3oc3ccccc34)c3ccccc23)c2occc2c1. The summed E-state index contributed by atoms with van der Waals surface area (Å²) < 4.78 is 19.3. The highest BCUT2D eigenvalue weighted by Crippen LogP contribution is 2.50. The Hall–Kier alpha value is -5.80. The molecule has 0 fully saturated rings. The van der Waals surface area contributed by atoms with Crippen molar-refractivity contribution in [2.75, 3.05) is 0 Å².